The molecule has 5 nitrogen and oxygen atoms in total. The smallest absolute Gasteiger partial charge is 0.261 e. The van der Waals surface area contributed by atoms with Crippen LogP contribution in [0.15, 0.2) is 41.3 Å². The number of carbonyl (C=O) groups is 1. The number of rotatable bonds is 3. The van der Waals surface area contributed by atoms with Crippen molar-refractivity contribution >= 4 is 27.5 Å². The minimum absolute atomic E-state index is 0.287. The predicted molar refractivity (Wildman–Crippen MR) is 70.7 cm³/mol. The molecule has 0 unspecified atom stereocenters. The minimum Gasteiger partial charge on any atom is -0.480 e. The Hall–Kier alpha value is -1.95. The van der Waals surface area contributed by atoms with E-state index in [0.717, 1.165) is 0 Å². The molecule has 0 bridgehead atoms. The Morgan fingerprint density at radius 2 is 2.00 bits per heavy atom. The number of pyridine rings is 2. The van der Waals surface area contributed by atoms with E-state index in [9.17, 15) is 4.79 Å². The largest absolute Gasteiger partial charge is 0.480 e. The predicted octanol–water partition coefficient (Wildman–Crippen LogP) is 2.50. The molecule has 1 amide bonds. The molecule has 0 radical (unpaired) electrons. The van der Waals surface area contributed by atoms with Gasteiger partial charge in [0.25, 0.3) is 5.91 Å². The van der Waals surface area contributed by atoms with E-state index in [1.54, 1.807) is 36.7 Å². The normalized spacial score (nSPS) is 9.89. The van der Waals surface area contributed by atoms with Crippen LogP contribution in [0.5, 0.6) is 5.88 Å². The van der Waals surface area contributed by atoms with Crippen molar-refractivity contribution in [2.75, 3.05) is 12.4 Å². The van der Waals surface area contributed by atoms with Crippen molar-refractivity contribution in [1.29, 1.82) is 0 Å². The first-order chi connectivity index (χ1) is 8.72. The highest BCUT2D eigenvalue weighted by molar-refractivity contribution is 9.10. The van der Waals surface area contributed by atoms with Crippen LogP contribution < -0.4 is 10.1 Å². The molecule has 0 fully saturated rings. The number of nitrogens with zero attached hydrogens (tertiary/aromatic N) is 2. The lowest BCUT2D eigenvalue weighted by Gasteiger charge is -2.08. The Balaban J connectivity index is 2.25. The third-order valence-corrected chi connectivity index (χ3v) is 2.85. The van der Waals surface area contributed by atoms with Gasteiger partial charge in [-0.15, -0.1) is 0 Å². The third kappa shape index (κ3) is 2.65. The first kappa shape index (κ1) is 12.5. The molecule has 0 aliphatic rings. The van der Waals surface area contributed by atoms with E-state index in [-0.39, 0.29) is 11.8 Å². The van der Waals surface area contributed by atoms with E-state index in [1.807, 2.05) is 0 Å². The monoisotopic (exact) mass is 307 g/mol. The highest BCUT2D eigenvalue weighted by Gasteiger charge is 2.14. The standard InChI is InChI=1S/C12H10BrN3O2/c1-18-12-8(4-2-7-15-12)11(17)16-9-5-3-6-14-10(9)13/h2-7H,1H3,(H,16,17). The molecule has 2 aromatic heterocycles. The molecule has 0 atom stereocenters. The maximum absolute atomic E-state index is 12.1. The fraction of sp³-hybridized carbons (Fsp3) is 0.0833. The number of ether oxygens (including phenoxy) is 1. The Bertz CT molecular complexity index is 575. The average molecular weight is 308 g/mol. The van der Waals surface area contributed by atoms with Gasteiger partial charge < -0.3 is 10.1 Å². The van der Waals surface area contributed by atoms with Crippen LogP contribution in [0.1, 0.15) is 10.4 Å². The lowest BCUT2D eigenvalue weighted by Crippen LogP contribution is -2.14. The summed E-state index contributed by atoms with van der Waals surface area (Å²) in [7, 11) is 1.47. The molecule has 2 aromatic rings. The first-order valence-corrected chi connectivity index (χ1v) is 5.92. The number of methoxy groups -OCH3 is 1. The van der Waals surface area contributed by atoms with Crippen molar-refractivity contribution in [1.82, 2.24) is 9.97 Å². The van der Waals surface area contributed by atoms with Gasteiger partial charge in [-0.1, -0.05) is 0 Å². The van der Waals surface area contributed by atoms with Gasteiger partial charge in [-0.05, 0) is 40.2 Å². The quantitative estimate of drug-likeness (QED) is 0.885. The molecule has 0 saturated carbocycles. The number of hydrogen-bond donors (Lipinski definition) is 1. The molecule has 0 aliphatic carbocycles. The van der Waals surface area contributed by atoms with E-state index < -0.39 is 0 Å². The molecule has 0 aromatic carbocycles. The summed E-state index contributed by atoms with van der Waals surface area (Å²) in [4.78, 5) is 20.1. The zero-order chi connectivity index (χ0) is 13.0. The lowest BCUT2D eigenvalue weighted by molar-refractivity contribution is 0.102. The number of anilines is 1. The van der Waals surface area contributed by atoms with Crippen LogP contribution in [0.25, 0.3) is 0 Å². The van der Waals surface area contributed by atoms with Crippen LogP contribution in [0.3, 0.4) is 0 Å². The zero-order valence-corrected chi connectivity index (χ0v) is 11.1. The Kier molecular flexibility index (Phi) is 3.88. The number of carbonyl (C=O) groups excluding carboxylic acids is 1. The van der Waals surface area contributed by atoms with Crippen molar-refractivity contribution in [3.8, 4) is 5.88 Å². The SMILES string of the molecule is COc1ncccc1C(=O)Nc1cccnc1Br. The summed E-state index contributed by atoms with van der Waals surface area (Å²) >= 11 is 3.26. The van der Waals surface area contributed by atoms with Gasteiger partial charge >= 0.3 is 0 Å². The van der Waals surface area contributed by atoms with Crippen LogP contribution in [-0.4, -0.2) is 23.0 Å². The van der Waals surface area contributed by atoms with Gasteiger partial charge in [-0.2, -0.15) is 0 Å². The van der Waals surface area contributed by atoms with Crippen molar-refractivity contribution < 1.29 is 9.53 Å². The summed E-state index contributed by atoms with van der Waals surface area (Å²) in [6.07, 6.45) is 3.19. The summed E-state index contributed by atoms with van der Waals surface area (Å²) in [6.45, 7) is 0. The summed E-state index contributed by atoms with van der Waals surface area (Å²) in [5.41, 5.74) is 0.962. The first-order valence-electron chi connectivity index (χ1n) is 5.13. The topological polar surface area (TPSA) is 64.1 Å². The molecule has 18 heavy (non-hydrogen) atoms. The molecule has 2 heterocycles. The van der Waals surface area contributed by atoms with Crippen LogP contribution >= 0.6 is 15.9 Å². The van der Waals surface area contributed by atoms with Gasteiger partial charge in [0.05, 0.1) is 12.8 Å². The van der Waals surface area contributed by atoms with Gasteiger partial charge in [0.2, 0.25) is 5.88 Å². The lowest BCUT2D eigenvalue weighted by atomic mass is 10.2. The fourth-order valence-corrected chi connectivity index (χ4v) is 1.74. The van der Waals surface area contributed by atoms with Crippen molar-refractivity contribution in [2.24, 2.45) is 0 Å². The Morgan fingerprint density at radius 3 is 2.72 bits per heavy atom. The summed E-state index contributed by atoms with van der Waals surface area (Å²) in [5, 5.41) is 2.73. The second-order valence-electron chi connectivity index (χ2n) is 3.36. The van der Waals surface area contributed by atoms with E-state index in [0.29, 0.717) is 15.9 Å². The molecule has 92 valence electrons. The highest BCUT2D eigenvalue weighted by Crippen LogP contribution is 2.21. The van der Waals surface area contributed by atoms with Crippen LogP contribution in [-0.2, 0) is 0 Å². The minimum atomic E-state index is -0.298. The Labute approximate surface area is 112 Å². The van der Waals surface area contributed by atoms with Gasteiger partial charge in [0.15, 0.2) is 0 Å². The van der Waals surface area contributed by atoms with Gasteiger partial charge in [0, 0.05) is 12.4 Å². The van der Waals surface area contributed by atoms with Crippen LogP contribution in [0.4, 0.5) is 5.69 Å². The van der Waals surface area contributed by atoms with E-state index in [4.69, 9.17) is 4.74 Å². The molecule has 0 spiro atoms. The number of halogens is 1. The maximum atomic E-state index is 12.1. The van der Waals surface area contributed by atoms with Gasteiger partial charge in [-0.3, -0.25) is 4.79 Å². The molecule has 2 rings (SSSR count). The molecule has 0 saturated heterocycles. The highest BCUT2D eigenvalue weighted by atomic mass is 79.9. The molecular weight excluding hydrogens is 298 g/mol. The van der Waals surface area contributed by atoms with Gasteiger partial charge in [0.1, 0.15) is 10.2 Å². The number of aromatic nitrogens is 2. The van der Waals surface area contributed by atoms with Crippen molar-refractivity contribution in [3.05, 3.63) is 46.8 Å². The molecule has 1 N–H and O–H groups in total. The summed E-state index contributed by atoms with van der Waals surface area (Å²) in [5.74, 6) is -0.0105. The fourth-order valence-electron chi connectivity index (χ4n) is 1.40. The zero-order valence-electron chi connectivity index (χ0n) is 9.55. The summed E-state index contributed by atoms with van der Waals surface area (Å²) < 4.78 is 5.61. The Morgan fingerprint density at radius 1 is 1.28 bits per heavy atom. The number of hydrogen-bond acceptors (Lipinski definition) is 4. The van der Waals surface area contributed by atoms with Crippen LogP contribution in [0.2, 0.25) is 0 Å². The summed E-state index contributed by atoms with van der Waals surface area (Å²) in [6, 6.07) is 6.81. The maximum Gasteiger partial charge on any atom is 0.261 e. The van der Waals surface area contributed by atoms with Gasteiger partial charge in [-0.25, -0.2) is 9.97 Å². The van der Waals surface area contributed by atoms with E-state index in [2.05, 4.69) is 31.2 Å². The third-order valence-electron chi connectivity index (χ3n) is 2.22. The molecule has 6 heteroatoms. The average Bonchev–Trinajstić information content (AvgIpc) is 2.41. The van der Waals surface area contributed by atoms with Crippen molar-refractivity contribution in [2.45, 2.75) is 0 Å². The van der Waals surface area contributed by atoms with E-state index in [1.165, 1.54) is 7.11 Å². The van der Waals surface area contributed by atoms with Crippen LogP contribution in [0, 0.1) is 0 Å². The number of nitrogens with one attached hydrogen (secondary N) is 1. The number of amides is 1. The molecular formula is C12H10BrN3O2. The van der Waals surface area contributed by atoms with Crippen molar-refractivity contribution in [3.63, 3.8) is 0 Å². The second kappa shape index (κ2) is 5.59. The molecule has 0 aliphatic heterocycles. The van der Waals surface area contributed by atoms with E-state index >= 15 is 0 Å². The second-order valence-corrected chi connectivity index (χ2v) is 4.11.